The van der Waals surface area contributed by atoms with Gasteiger partial charge in [0, 0.05) is 10.6 Å². The zero-order chi connectivity index (χ0) is 24.8. The SMILES string of the molecule is CCCCOc1ccc([C@@H]2NC(=S)NC(C)=C2C(=O)Nc2sc(C)c(C)c2C(=O)OCC)cc1. The molecule has 0 bridgehead atoms. The first-order valence-corrected chi connectivity index (χ1v) is 12.6. The van der Waals surface area contributed by atoms with Gasteiger partial charge in [-0.05, 0) is 69.6 Å². The van der Waals surface area contributed by atoms with Crippen molar-refractivity contribution >= 4 is 45.5 Å². The summed E-state index contributed by atoms with van der Waals surface area (Å²) in [5, 5.41) is 10.1. The van der Waals surface area contributed by atoms with Crippen molar-refractivity contribution in [1.29, 1.82) is 0 Å². The number of hydrogen-bond acceptors (Lipinski definition) is 6. The summed E-state index contributed by atoms with van der Waals surface area (Å²) in [6, 6.07) is 7.20. The number of thiophene rings is 1. The van der Waals surface area contributed by atoms with Crippen LogP contribution in [0.5, 0.6) is 5.75 Å². The molecule has 9 heteroatoms. The van der Waals surface area contributed by atoms with Gasteiger partial charge in [0.05, 0.1) is 30.4 Å². The minimum absolute atomic E-state index is 0.260. The molecule has 0 saturated carbocycles. The zero-order valence-corrected chi connectivity index (χ0v) is 21.8. The van der Waals surface area contributed by atoms with Crippen molar-refractivity contribution in [2.75, 3.05) is 18.5 Å². The number of thiocarbonyl (C=S) groups is 1. The number of aryl methyl sites for hydroxylation is 1. The van der Waals surface area contributed by atoms with Crippen LogP contribution in [0.1, 0.15) is 66.0 Å². The molecule has 0 spiro atoms. The van der Waals surface area contributed by atoms with Crippen LogP contribution in [0.2, 0.25) is 0 Å². The largest absolute Gasteiger partial charge is 0.494 e. The van der Waals surface area contributed by atoms with Gasteiger partial charge in [-0.2, -0.15) is 0 Å². The summed E-state index contributed by atoms with van der Waals surface area (Å²) in [4.78, 5) is 27.0. The van der Waals surface area contributed by atoms with E-state index in [2.05, 4.69) is 22.9 Å². The first-order chi connectivity index (χ1) is 16.3. The molecule has 1 aromatic carbocycles. The van der Waals surface area contributed by atoms with Gasteiger partial charge in [-0.1, -0.05) is 25.5 Å². The molecule has 1 amide bonds. The van der Waals surface area contributed by atoms with Crippen molar-refractivity contribution in [2.45, 2.75) is 53.5 Å². The zero-order valence-electron chi connectivity index (χ0n) is 20.2. The maximum absolute atomic E-state index is 13.5. The second-order valence-electron chi connectivity index (χ2n) is 8.00. The molecule has 34 heavy (non-hydrogen) atoms. The molecule has 0 fully saturated rings. The third-order valence-electron chi connectivity index (χ3n) is 5.59. The van der Waals surface area contributed by atoms with Crippen molar-refractivity contribution in [1.82, 2.24) is 10.6 Å². The topological polar surface area (TPSA) is 88.7 Å². The van der Waals surface area contributed by atoms with Gasteiger partial charge >= 0.3 is 5.97 Å². The van der Waals surface area contributed by atoms with Crippen LogP contribution in [0, 0.1) is 13.8 Å². The summed E-state index contributed by atoms with van der Waals surface area (Å²) in [6.07, 6.45) is 2.06. The first kappa shape index (κ1) is 25.7. The van der Waals surface area contributed by atoms with E-state index < -0.39 is 12.0 Å². The van der Waals surface area contributed by atoms with Gasteiger partial charge in [-0.15, -0.1) is 11.3 Å². The molecule has 1 atom stereocenters. The van der Waals surface area contributed by atoms with E-state index >= 15 is 0 Å². The molecule has 3 N–H and O–H groups in total. The molecule has 182 valence electrons. The normalized spacial score (nSPS) is 15.4. The number of rotatable bonds is 9. The lowest BCUT2D eigenvalue weighted by Crippen LogP contribution is -2.45. The van der Waals surface area contributed by atoms with Crippen molar-refractivity contribution in [3.8, 4) is 5.75 Å². The Morgan fingerprint density at radius 3 is 2.50 bits per heavy atom. The maximum Gasteiger partial charge on any atom is 0.341 e. The number of ether oxygens (including phenoxy) is 2. The Labute approximate surface area is 209 Å². The molecule has 3 rings (SSSR count). The molecular weight excluding hydrogens is 470 g/mol. The van der Waals surface area contributed by atoms with Crippen LogP contribution >= 0.6 is 23.6 Å². The number of esters is 1. The minimum Gasteiger partial charge on any atom is -0.494 e. The Morgan fingerprint density at radius 1 is 1.15 bits per heavy atom. The van der Waals surface area contributed by atoms with E-state index in [4.69, 9.17) is 21.7 Å². The van der Waals surface area contributed by atoms with Crippen LogP contribution < -0.4 is 20.7 Å². The van der Waals surface area contributed by atoms with E-state index in [0.29, 0.717) is 33.6 Å². The van der Waals surface area contributed by atoms with Crippen LogP contribution in [0.3, 0.4) is 0 Å². The fraction of sp³-hybridized carbons (Fsp3) is 0.400. The second-order valence-corrected chi connectivity index (χ2v) is 9.64. The molecule has 1 aliphatic heterocycles. The number of nitrogens with one attached hydrogen (secondary N) is 3. The molecule has 1 aromatic heterocycles. The van der Waals surface area contributed by atoms with Crippen LogP contribution in [-0.2, 0) is 9.53 Å². The van der Waals surface area contributed by atoms with E-state index in [1.165, 1.54) is 11.3 Å². The number of carbonyl (C=O) groups is 2. The Bertz CT molecular complexity index is 1110. The van der Waals surface area contributed by atoms with Crippen LogP contribution in [0.15, 0.2) is 35.5 Å². The van der Waals surface area contributed by atoms with Gasteiger partial charge in [0.2, 0.25) is 0 Å². The van der Waals surface area contributed by atoms with Crippen molar-refractivity contribution in [3.63, 3.8) is 0 Å². The quantitative estimate of drug-likeness (QED) is 0.249. The molecule has 2 aromatic rings. The summed E-state index contributed by atoms with van der Waals surface area (Å²) < 4.78 is 11.0. The lowest BCUT2D eigenvalue weighted by atomic mass is 9.95. The van der Waals surface area contributed by atoms with E-state index in [9.17, 15) is 9.59 Å². The predicted octanol–water partition coefficient (Wildman–Crippen LogP) is 5.15. The van der Waals surface area contributed by atoms with Gasteiger partial charge in [0.25, 0.3) is 5.91 Å². The second kappa shape index (κ2) is 11.5. The molecular formula is C25H31N3O4S2. The Kier molecular flexibility index (Phi) is 8.68. The average Bonchev–Trinajstić information content (AvgIpc) is 3.06. The van der Waals surface area contributed by atoms with E-state index in [0.717, 1.165) is 34.6 Å². The predicted molar refractivity (Wildman–Crippen MR) is 140 cm³/mol. The first-order valence-electron chi connectivity index (χ1n) is 11.4. The highest BCUT2D eigenvalue weighted by Crippen LogP contribution is 2.35. The van der Waals surface area contributed by atoms with Crippen LogP contribution in [0.25, 0.3) is 0 Å². The van der Waals surface area contributed by atoms with E-state index in [-0.39, 0.29) is 12.5 Å². The molecule has 0 aliphatic carbocycles. The molecule has 7 nitrogen and oxygen atoms in total. The molecule has 0 unspecified atom stereocenters. The van der Waals surface area contributed by atoms with Gasteiger partial charge in [0.1, 0.15) is 10.8 Å². The Balaban J connectivity index is 1.89. The molecule has 0 saturated heterocycles. The summed E-state index contributed by atoms with van der Waals surface area (Å²) in [5.41, 5.74) is 3.22. The van der Waals surface area contributed by atoms with E-state index in [1.54, 1.807) is 6.92 Å². The number of unbranched alkanes of at least 4 members (excludes halogenated alkanes) is 1. The smallest absolute Gasteiger partial charge is 0.341 e. The number of benzene rings is 1. The Morgan fingerprint density at radius 2 is 1.85 bits per heavy atom. The highest BCUT2D eigenvalue weighted by atomic mass is 32.1. The van der Waals surface area contributed by atoms with Crippen molar-refractivity contribution in [2.24, 2.45) is 0 Å². The number of hydrogen-bond donors (Lipinski definition) is 3. The summed E-state index contributed by atoms with van der Waals surface area (Å²) in [7, 11) is 0. The molecule has 1 aliphatic rings. The molecule has 2 heterocycles. The maximum atomic E-state index is 13.5. The van der Waals surface area contributed by atoms with Crippen LogP contribution in [-0.4, -0.2) is 30.2 Å². The fourth-order valence-corrected chi connectivity index (χ4v) is 4.98. The summed E-state index contributed by atoms with van der Waals surface area (Å²) >= 11 is 6.72. The summed E-state index contributed by atoms with van der Waals surface area (Å²) in [6.45, 7) is 10.4. The van der Waals surface area contributed by atoms with Gasteiger partial charge in [-0.3, -0.25) is 4.79 Å². The standard InChI is InChI=1S/C25H31N3O4S2/c1-6-8-13-32-18-11-9-17(10-12-18)21-20(15(4)26-25(33)27-21)22(29)28-23-19(24(30)31-7-2)14(3)16(5)34-23/h9-12,21H,6-8,13H2,1-5H3,(H,28,29)(H2,26,27,33)/t21-/m0/s1. The lowest BCUT2D eigenvalue weighted by molar-refractivity contribution is -0.113. The van der Waals surface area contributed by atoms with Gasteiger partial charge < -0.3 is 25.4 Å². The minimum atomic E-state index is -0.452. The van der Waals surface area contributed by atoms with E-state index in [1.807, 2.05) is 45.0 Å². The number of amides is 1. The monoisotopic (exact) mass is 501 g/mol. The average molecular weight is 502 g/mol. The van der Waals surface area contributed by atoms with Crippen LogP contribution in [0.4, 0.5) is 5.00 Å². The molecule has 0 radical (unpaired) electrons. The highest BCUT2D eigenvalue weighted by Gasteiger charge is 2.31. The third kappa shape index (κ3) is 5.77. The van der Waals surface area contributed by atoms with Crippen molar-refractivity contribution < 1.29 is 19.1 Å². The number of carbonyl (C=O) groups excluding carboxylic acids is 2. The van der Waals surface area contributed by atoms with Crippen molar-refractivity contribution in [3.05, 3.63) is 57.1 Å². The number of anilines is 1. The van der Waals surface area contributed by atoms with Gasteiger partial charge in [-0.25, -0.2) is 4.79 Å². The third-order valence-corrected chi connectivity index (χ3v) is 6.93. The highest BCUT2D eigenvalue weighted by molar-refractivity contribution is 7.80. The lowest BCUT2D eigenvalue weighted by Gasteiger charge is -2.30. The van der Waals surface area contributed by atoms with Gasteiger partial charge in [0.15, 0.2) is 5.11 Å². The Hall–Kier alpha value is -2.91. The number of allylic oxidation sites excluding steroid dienone is 1. The summed E-state index contributed by atoms with van der Waals surface area (Å²) in [5.74, 6) is 0.0192. The fourth-order valence-electron chi connectivity index (χ4n) is 3.67.